The van der Waals surface area contributed by atoms with Crippen molar-refractivity contribution >= 4 is 15.9 Å². The van der Waals surface area contributed by atoms with Crippen LogP contribution in [0, 0.1) is 0 Å². The van der Waals surface area contributed by atoms with Gasteiger partial charge in [0.1, 0.15) is 0 Å². The average Bonchev–Trinajstić information content (AvgIpc) is 2.53. The lowest BCUT2D eigenvalue weighted by Gasteiger charge is -2.23. The first-order chi connectivity index (χ1) is 6.34. The molecule has 3 nitrogen and oxygen atoms in total. The van der Waals surface area contributed by atoms with Crippen molar-refractivity contribution < 1.29 is 0 Å². The van der Waals surface area contributed by atoms with Gasteiger partial charge in [-0.25, -0.2) is 0 Å². The molecule has 0 saturated carbocycles. The second kappa shape index (κ2) is 4.24. The van der Waals surface area contributed by atoms with E-state index in [9.17, 15) is 0 Å². The van der Waals surface area contributed by atoms with Crippen molar-refractivity contribution in [3.8, 4) is 0 Å². The quantitative estimate of drug-likeness (QED) is 0.859. The number of nitrogens with zero attached hydrogens (tertiary/aromatic N) is 2. The lowest BCUT2D eigenvalue weighted by molar-refractivity contribution is 0.351. The maximum atomic E-state index is 4.24. The molecule has 13 heavy (non-hydrogen) atoms. The van der Waals surface area contributed by atoms with Gasteiger partial charge < -0.3 is 5.32 Å². The number of halogens is 1. The van der Waals surface area contributed by atoms with Gasteiger partial charge in [0, 0.05) is 12.2 Å². The Kier molecular flexibility index (Phi) is 3.01. The van der Waals surface area contributed by atoms with E-state index in [2.05, 4.69) is 26.3 Å². The van der Waals surface area contributed by atoms with Gasteiger partial charge in [-0.3, -0.25) is 4.68 Å². The molecule has 0 bridgehead atoms. The molecule has 1 aliphatic rings. The summed E-state index contributed by atoms with van der Waals surface area (Å²) in [5, 5.41) is 7.74. The summed E-state index contributed by atoms with van der Waals surface area (Å²) in [6.07, 6.45) is 7.80. The number of rotatable bonds is 2. The Morgan fingerprint density at radius 3 is 3.15 bits per heavy atom. The fourth-order valence-electron chi connectivity index (χ4n) is 1.74. The second-order valence-electron chi connectivity index (χ2n) is 3.53. The van der Waals surface area contributed by atoms with Crippen molar-refractivity contribution in [2.24, 2.45) is 0 Å². The molecule has 1 atom stereocenters. The largest absolute Gasteiger partial charge is 0.312 e. The number of piperidine rings is 1. The molecule has 0 aromatic carbocycles. The van der Waals surface area contributed by atoms with E-state index in [4.69, 9.17) is 0 Å². The molecule has 1 aromatic heterocycles. The monoisotopic (exact) mass is 243 g/mol. The van der Waals surface area contributed by atoms with Crippen molar-refractivity contribution in [1.29, 1.82) is 0 Å². The standard InChI is InChI=1S/C9H14BrN3/c10-8-5-12-13(6-8)7-9-3-1-2-4-11-9/h5-6,9,11H,1-4,7H2/t9-/m0/s1. The van der Waals surface area contributed by atoms with E-state index in [1.54, 1.807) is 0 Å². The summed E-state index contributed by atoms with van der Waals surface area (Å²) in [6.45, 7) is 2.15. The maximum Gasteiger partial charge on any atom is 0.0632 e. The molecular weight excluding hydrogens is 230 g/mol. The fraction of sp³-hybridized carbons (Fsp3) is 0.667. The van der Waals surface area contributed by atoms with E-state index in [1.165, 1.54) is 19.3 Å². The van der Waals surface area contributed by atoms with Gasteiger partial charge in [0.15, 0.2) is 0 Å². The summed E-state index contributed by atoms with van der Waals surface area (Å²) in [7, 11) is 0. The van der Waals surface area contributed by atoms with Gasteiger partial charge in [-0.15, -0.1) is 0 Å². The van der Waals surface area contributed by atoms with Crippen molar-refractivity contribution in [3.63, 3.8) is 0 Å². The first kappa shape index (κ1) is 9.21. The maximum absolute atomic E-state index is 4.24. The minimum absolute atomic E-state index is 0.612. The molecule has 1 aromatic rings. The lowest BCUT2D eigenvalue weighted by Crippen LogP contribution is -2.37. The van der Waals surface area contributed by atoms with Crippen LogP contribution in [0.3, 0.4) is 0 Å². The zero-order valence-electron chi connectivity index (χ0n) is 7.54. The summed E-state index contributed by atoms with van der Waals surface area (Å²) in [5.74, 6) is 0. The molecular formula is C9H14BrN3. The van der Waals surface area contributed by atoms with Crippen LogP contribution in [0.2, 0.25) is 0 Å². The minimum Gasteiger partial charge on any atom is -0.312 e. The van der Waals surface area contributed by atoms with E-state index in [-0.39, 0.29) is 0 Å². The molecule has 2 heterocycles. The summed E-state index contributed by atoms with van der Waals surface area (Å²) in [4.78, 5) is 0. The third kappa shape index (κ3) is 2.54. The zero-order chi connectivity index (χ0) is 9.10. The van der Waals surface area contributed by atoms with Crippen LogP contribution in [-0.4, -0.2) is 22.4 Å². The zero-order valence-corrected chi connectivity index (χ0v) is 9.13. The fourth-order valence-corrected chi connectivity index (χ4v) is 2.07. The third-order valence-corrected chi connectivity index (χ3v) is 2.83. The predicted molar refractivity (Wildman–Crippen MR) is 55.6 cm³/mol. The van der Waals surface area contributed by atoms with Crippen LogP contribution < -0.4 is 5.32 Å². The predicted octanol–water partition coefficient (Wildman–Crippen LogP) is 1.79. The second-order valence-corrected chi connectivity index (χ2v) is 4.44. The molecule has 0 radical (unpaired) electrons. The number of hydrogen-bond acceptors (Lipinski definition) is 2. The van der Waals surface area contributed by atoms with Crippen molar-refractivity contribution in [2.45, 2.75) is 31.8 Å². The Bertz CT molecular complexity index is 266. The molecule has 0 spiro atoms. The van der Waals surface area contributed by atoms with Gasteiger partial charge in [-0.2, -0.15) is 5.10 Å². The number of aromatic nitrogens is 2. The van der Waals surface area contributed by atoms with E-state index in [1.807, 2.05) is 17.1 Å². The van der Waals surface area contributed by atoms with Crippen LogP contribution in [0.25, 0.3) is 0 Å². The molecule has 1 aliphatic heterocycles. The highest BCUT2D eigenvalue weighted by Gasteiger charge is 2.12. The van der Waals surface area contributed by atoms with E-state index in [0.717, 1.165) is 17.6 Å². The normalized spacial score (nSPS) is 23.3. The molecule has 0 amide bonds. The van der Waals surface area contributed by atoms with Gasteiger partial charge >= 0.3 is 0 Å². The van der Waals surface area contributed by atoms with Crippen molar-refractivity contribution in [2.75, 3.05) is 6.54 Å². The first-order valence-corrected chi connectivity index (χ1v) is 5.55. The average molecular weight is 244 g/mol. The summed E-state index contributed by atoms with van der Waals surface area (Å²) < 4.78 is 3.05. The van der Waals surface area contributed by atoms with Crippen LogP contribution in [-0.2, 0) is 6.54 Å². The van der Waals surface area contributed by atoms with Gasteiger partial charge in [-0.05, 0) is 35.3 Å². The Morgan fingerprint density at radius 2 is 2.54 bits per heavy atom. The SMILES string of the molecule is Brc1cnn(C[C@@H]2CCCCN2)c1. The smallest absolute Gasteiger partial charge is 0.0632 e. The topological polar surface area (TPSA) is 29.9 Å². The Labute approximate surface area is 86.6 Å². The molecule has 0 unspecified atom stereocenters. The minimum atomic E-state index is 0.612. The Morgan fingerprint density at radius 1 is 1.62 bits per heavy atom. The number of nitrogens with one attached hydrogen (secondary N) is 1. The molecule has 1 fully saturated rings. The van der Waals surface area contributed by atoms with Crippen LogP contribution in [0.5, 0.6) is 0 Å². The molecule has 1 saturated heterocycles. The van der Waals surface area contributed by atoms with E-state index < -0.39 is 0 Å². The Balaban J connectivity index is 1.89. The van der Waals surface area contributed by atoms with E-state index >= 15 is 0 Å². The lowest BCUT2D eigenvalue weighted by atomic mass is 10.1. The summed E-state index contributed by atoms with van der Waals surface area (Å²) >= 11 is 3.39. The first-order valence-electron chi connectivity index (χ1n) is 4.76. The highest BCUT2D eigenvalue weighted by Crippen LogP contribution is 2.11. The third-order valence-electron chi connectivity index (χ3n) is 2.42. The molecule has 72 valence electrons. The van der Waals surface area contributed by atoms with Gasteiger partial charge in [0.25, 0.3) is 0 Å². The van der Waals surface area contributed by atoms with Gasteiger partial charge in [-0.1, -0.05) is 6.42 Å². The highest BCUT2D eigenvalue weighted by atomic mass is 79.9. The van der Waals surface area contributed by atoms with Crippen LogP contribution in [0.1, 0.15) is 19.3 Å². The van der Waals surface area contributed by atoms with E-state index in [0.29, 0.717) is 6.04 Å². The molecule has 1 N–H and O–H groups in total. The van der Waals surface area contributed by atoms with Crippen LogP contribution in [0.4, 0.5) is 0 Å². The van der Waals surface area contributed by atoms with Crippen molar-refractivity contribution in [3.05, 3.63) is 16.9 Å². The van der Waals surface area contributed by atoms with Gasteiger partial charge in [0.05, 0.1) is 17.2 Å². The molecule has 2 rings (SSSR count). The Hall–Kier alpha value is -0.350. The van der Waals surface area contributed by atoms with Gasteiger partial charge in [0.2, 0.25) is 0 Å². The summed E-state index contributed by atoms with van der Waals surface area (Å²) in [6, 6.07) is 0.612. The number of hydrogen-bond donors (Lipinski definition) is 1. The summed E-state index contributed by atoms with van der Waals surface area (Å²) in [5.41, 5.74) is 0. The molecule has 0 aliphatic carbocycles. The van der Waals surface area contributed by atoms with Crippen LogP contribution >= 0.6 is 15.9 Å². The highest BCUT2D eigenvalue weighted by molar-refractivity contribution is 9.10. The van der Waals surface area contributed by atoms with Crippen LogP contribution in [0.15, 0.2) is 16.9 Å². The van der Waals surface area contributed by atoms with Crippen molar-refractivity contribution in [1.82, 2.24) is 15.1 Å². The molecule has 4 heteroatoms.